The molecular formula is C15H14N6. The first-order valence-electron chi connectivity index (χ1n) is 6.36. The zero-order chi connectivity index (χ0) is 14.8. The van der Waals surface area contributed by atoms with Crippen molar-refractivity contribution in [2.75, 3.05) is 0 Å². The molecule has 0 atom stereocenters. The van der Waals surface area contributed by atoms with Gasteiger partial charge in [-0.3, -0.25) is 0 Å². The van der Waals surface area contributed by atoms with Crippen molar-refractivity contribution in [3.8, 4) is 0 Å². The Bertz CT molecular complexity index is 878. The number of hydrogen-bond donors (Lipinski definition) is 3. The molecular weight excluding hydrogens is 264 g/mol. The van der Waals surface area contributed by atoms with Gasteiger partial charge >= 0.3 is 0 Å². The molecule has 1 heterocycles. The highest BCUT2D eigenvalue weighted by atomic mass is 15.1. The molecule has 0 aliphatic carbocycles. The van der Waals surface area contributed by atoms with E-state index in [9.17, 15) is 0 Å². The molecule has 3 rings (SSSR count). The summed E-state index contributed by atoms with van der Waals surface area (Å²) >= 11 is 0. The van der Waals surface area contributed by atoms with Crippen molar-refractivity contribution in [1.82, 2.24) is 4.98 Å². The number of fused-ring (bicyclic) bond motifs is 2. The third-order valence-corrected chi connectivity index (χ3v) is 3.02. The minimum absolute atomic E-state index is 0.00987. The Balaban J connectivity index is 2.24. The van der Waals surface area contributed by atoms with Crippen LogP contribution in [0.1, 0.15) is 0 Å². The molecule has 0 fully saturated rings. The first-order valence-corrected chi connectivity index (χ1v) is 6.36. The summed E-state index contributed by atoms with van der Waals surface area (Å²) in [6, 6.07) is 15.6. The highest BCUT2D eigenvalue weighted by molar-refractivity contribution is 6.01. The molecule has 0 saturated heterocycles. The quantitative estimate of drug-likeness (QED) is 0.356. The molecule has 0 aliphatic rings. The average molecular weight is 278 g/mol. The SMILES string of the molecule is NC(N)=NC(N)=Nc1cccc2nc3ccccc3cc12. The molecule has 6 nitrogen and oxygen atoms in total. The van der Waals surface area contributed by atoms with E-state index in [4.69, 9.17) is 17.2 Å². The van der Waals surface area contributed by atoms with Crippen LogP contribution in [0.4, 0.5) is 5.69 Å². The summed E-state index contributed by atoms with van der Waals surface area (Å²) in [5, 5.41) is 1.93. The fourth-order valence-electron chi connectivity index (χ4n) is 2.16. The van der Waals surface area contributed by atoms with Crippen molar-refractivity contribution in [3.05, 3.63) is 48.5 Å². The maximum atomic E-state index is 5.69. The largest absolute Gasteiger partial charge is 0.370 e. The van der Waals surface area contributed by atoms with Gasteiger partial charge in [0.2, 0.25) is 5.96 Å². The number of aliphatic imine (C=N–C) groups is 2. The second-order valence-electron chi connectivity index (χ2n) is 4.53. The van der Waals surface area contributed by atoms with Gasteiger partial charge in [-0.25, -0.2) is 9.98 Å². The Morgan fingerprint density at radius 1 is 0.905 bits per heavy atom. The van der Waals surface area contributed by atoms with E-state index in [1.54, 1.807) is 0 Å². The first-order chi connectivity index (χ1) is 10.1. The summed E-state index contributed by atoms with van der Waals surface area (Å²) in [5.74, 6) is -0.115. The van der Waals surface area contributed by atoms with Crippen molar-refractivity contribution < 1.29 is 0 Å². The van der Waals surface area contributed by atoms with Gasteiger partial charge < -0.3 is 17.2 Å². The van der Waals surface area contributed by atoms with Crippen LogP contribution in [-0.2, 0) is 0 Å². The van der Waals surface area contributed by atoms with Crippen LogP contribution in [0, 0.1) is 0 Å². The van der Waals surface area contributed by atoms with Crippen molar-refractivity contribution in [2.24, 2.45) is 27.2 Å². The van der Waals surface area contributed by atoms with Gasteiger partial charge in [0.05, 0.1) is 16.7 Å². The Kier molecular flexibility index (Phi) is 3.12. The van der Waals surface area contributed by atoms with Crippen LogP contribution in [0.15, 0.2) is 58.5 Å². The summed E-state index contributed by atoms with van der Waals surface area (Å²) in [6.45, 7) is 0. The Hall–Kier alpha value is -3.15. The van der Waals surface area contributed by atoms with Gasteiger partial charge in [-0.15, -0.1) is 0 Å². The van der Waals surface area contributed by atoms with Crippen molar-refractivity contribution in [1.29, 1.82) is 0 Å². The summed E-state index contributed by atoms with van der Waals surface area (Å²) in [6.07, 6.45) is 0. The molecule has 3 aromatic rings. The van der Waals surface area contributed by atoms with Crippen molar-refractivity contribution >= 4 is 39.4 Å². The monoisotopic (exact) mass is 278 g/mol. The maximum absolute atomic E-state index is 5.69. The van der Waals surface area contributed by atoms with E-state index in [1.807, 2.05) is 48.5 Å². The number of aromatic nitrogens is 1. The van der Waals surface area contributed by atoms with Gasteiger partial charge in [0, 0.05) is 10.8 Å². The fraction of sp³-hybridized carbons (Fsp3) is 0. The first kappa shape index (κ1) is 12.9. The topological polar surface area (TPSA) is 116 Å². The molecule has 1 aromatic heterocycles. The third-order valence-electron chi connectivity index (χ3n) is 3.02. The number of benzene rings is 2. The van der Waals surface area contributed by atoms with Crippen LogP contribution >= 0.6 is 0 Å². The molecule has 6 heteroatoms. The molecule has 21 heavy (non-hydrogen) atoms. The van der Waals surface area contributed by atoms with Gasteiger partial charge in [0.1, 0.15) is 0 Å². The predicted molar refractivity (Wildman–Crippen MR) is 86.3 cm³/mol. The molecule has 0 saturated carbocycles. The second kappa shape index (κ2) is 5.09. The second-order valence-corrected chi connectivity index (χ2v) is 4.53. The van der Waals surface area contributed by atoms with Gasteiger partial charge in [-0.05, 0) is 24.3 Å². The molecule has 2 aromatic carbocycles. The van der Waals surface area contributed by atoms with Crippen molar-refractivity contribution in [3.63, 3.8) is 0 Å². The lowest BCUT2D eigenvalue weighted by Gasteiger charge is -2.04. The zero-order valence-electron chi connectivity index (χ0n) is 11.2. The van der Waals surface area contributed by atoms with Crippen LogP contribution in [0.2, 0.25) is 0 Å². The number of pyridine rings is 1. The summed E-state index contributed by atoms with van der Waals surface area (Å²) in [7, 11) is 0. The van der Waals surface area contributed by atoms with Crippen LogP contribution < -0.4 is 17.2 Å². The standard InChI is InChI=1S/C15H14N6/c16-14(17)21-15(18)20-13-7-3-6-12-10(13)8-9-4-1-2-5-11(9)19-12/h1-8H,(H6,16,17,18,20,21). The summed E-state index contributed by atoms with van der Waals surface area (Å²) in [4.78, 5) is 12.6. The Morgan fingerprint density at radius 3 is 2.48 bits per heavy atom. The van der Waals surface area contributed by atoms with Gasteiger partial charge in [0.25, 0.3) is 0 Å². The molecule has 104 valence electrons. The van der Waals surface area contributed by atoms with E-state index >= 15 is 0 Å². The van der Waals surface area contributed by atoms with Crippen LogP contribution in [0.3, 0.4) is 0 Å². The number of nitrogens with zero attached hydrogens (tertiary/aromatic N) is 3. The third kappa shape index (κ3) is 2.59. The number of nitrogens with two attached hydrogens (primary N) is 3. The predicted octanol–water partition coefficient (Wildman–Crippen LogP) is 1.61. The fourth-order valence-corrected chi connectivity index (χ4v) is 2.16. The molecule has 0 unspecified atom stereocenters. The maximum Gasteiger partial charge on any atom is 0.223 e. The highest BCUT2D eigenvalue weighted by Gasteiger charge is 2.04. The highest BCUT2D eigenvalue weighted by Crippen LogP contribution is 2.28. The average Bonchev–Trinajstić information content (AvgIpc) is 2.45. The molecule has 6 N–H and O–H groups in total. The van der Waals surface area contributed by atoms with E-state index in [0.717, 1.165) is 21.8 Å². The number of para-hydroxylation sites is 1. The molecule has 0 radical (unpaired) electrons. The smallest absolute Gasteiger partial charge is 0.223 e. The molecule has 0 amide bonds. The van der Waals surface area contributed by atoms with E-state index in [1.165, 1.54) is 0 Å². The Morgan fingerprint density at radius 2 is 1.67 bits per heavy atom. The normalized spacial score (nSPS) is 11.7. The zero-order valence-corrected chi connectivity index (χ0v) is 11.2. The minimum Gasteiger partial charge on any atom is -0.370 e. The van der Waals surface area contributed by atoms with Crippen LogP contribution in [-0.4, -0.2) is 16.9 Å². The summed E-state index contributed by atoms with van der Waals surface area (Å²) in [5.41, 5.74) is 18.7. The molecule has 0 spiro atoms. The van der Waals surface area contributed by atoms with E-state index in [-0.39, 0.29) is 11.9 Å². The molecule has 0 aliphatic heterocycles. The lowest BCUT2D eigenvalue weighted by Crippen LogP contribution is -2.26. The number of hydrogen-bond acceptors (Lipinski definition) is 2. The minimum atomic E-state index is -0.125. The van der Waals surface area contributed by atoms with Gasteiger partial charge in [-0.1, -0.05) is 24.3 Å². The van der Waals surface area contributed by atoms with Crippen molar-refractivity contribution in [2.45, 2.75) is 0 Å². The number of rotatable bonds is 1. The van der Waals surface area contributed by atoms with E-state index in [2.05, 4.69) is 15.0 Å². The van der Waals surface area contributed by atoms with Crippen LogP contribution in [0.25, 0.3) is 21.8 Å². The molecule has 0 bridgehead atoms. The van der Waals surface area contributed by atoms with Crippen LogP contribution in [0.5, 0.6) is 0 Å². The van der Waals surface area contributed by atoms with E-state index in [0.29, 0.717) is 5.69 Å². The number of guanidine groups is 2. The lowest BCUT2D eigenvalue weighted by molar-refractivity contribution is 1.39. The lowest BCUT2D eigenvalue weighted by atomic mass is 10.1. The Labute approximate surface area is 121 Å². The summed E-state index contributed by atoms with van der Waals surface area (Å²) < 4.78 is 0. The van der Waals surface area contributed by atoms with Gasteiger partial charge in [0.15, 0.2) is 5.96 Å². The van der Waals surface area contributed by atoms with Gasteiger partial charge in [-0.2, -0.15) is 4.99 Å². The van der Waals surface area contributed by atoms with E-state index < -0.39 is 0 Å².